The zero-order chi connectivity index (χ0) is 47.8. The number of benzene rings is 6. The van der Waals surface area contributed by atoms with E-state index in [1.54, 1.807) is 0 Å². The Labute approximate surface area is 402 Å². The molecule has 0 fully saturated rings. The molecular formula is C62H58N6. The van der Waals surface area contributed by atoms with E-state index in [1.807, 2.05) is 153 Å². The molecule has 68 heavy (non-hydrogen) atoms. The number of imidazole rings is 3. The van der Waals surface area contributed by atoms with Crippen LogP contribution in [0.15, 0.2) is 219 Å². The van der Waals surface area contributed by atoms with E-state index in [2.05, 4.69) is 139 Å². The summed E-state index contributed by atoms with van der Waals surface area (Å²) < 4.78 is 6.49. The van der Waals surface area contributed by atoms with Crippen LogP contribution in [-0.2, 0) is 0 Å². The molecule has 6 heteroatoms. The second kappa shape index (κ2) is 23.0. The average Bonchev–Trinajstić information content (AvgIpc) is 4.09. The minimum atomic E-state index is 0.926. The van der Waals surface area contributed by atoms with Gasteiger partial charge in [-0.05, 0) is 107 Å². The van der Waals surface area contributed by atoms with E-state index in [0.29, 0.717) is 0 Å². The monoisotopic (exact) mass is 886 g/mol. The zero-order valence-corrected chi connectivity index (χ0v) is 39.7. The van der Waals surface area contributed by atoms with Crippen molar-refractivity contribution < 1.29 is 0 Å². The van der Waals surface area contributed by atoms with Crippen LogP contribution in [0.5, 0.6) is 0 Å². The molecule has 3 aromatic heterocycles. The number of hydrogen-bond donors (Lipinski definition) is 0. The molecule has 0 spiro atoms. The maximum atomic E-state index is 4.92. The number of allylic oxidation sites excluding steroid dienone is 4. The Bertz CT molecular complexity index is 3160. The van der Waals surface area contributed by atoms with Crippen LogP contribution in [0.1, 0.15) is 68.8 Å². The van der Waals surface area contributed by atoms with Gasteiger partial charge in [0, 0.05) is 33.8 Å². The van der Waals surface area contributed by atoms with Gasteiger partial charge in [-0.2, -0.15) is 0 Å². The van der Waals surface area contributed by atoms with Crippen molar-refractivity contribution >= 4 is 36.0 Å². The highest BCUT2D eigenvalue weighted by atomic mass is 15.1. The highest BCUT2D eigenvalue weighted by Gasteiger charge is 2.20. The van der Waals surface area contributed by atoms with Crippen LogP contribution < -0.4 is 0 Å². The summed E-state index contributed by atoms with van der Waals surface area (Å²) in [6.45, 7) is 22.3. The van der Waals surface area contributed by atoms with E-state index < -0.39 is 0 Å². The molecule has 0 saturated carbocycles. The largest absolute Gasteiger partial charge is 0.292 e. The summed E-state index contributed by atoms with van der Waals surface area (Å²) in [5, 5.41) is 0. The highest BCUT2D eigenvalue weighted by Crippen LogP contribution is 2.32. The molecular weight excluding hydrogens is 829 g/mol. The maximum absolute atomic E-state index is 4.92. The molecule has 0 amide bonds. The minimum absolute atomic E-state index is 0.926. The molecule has 0 aliphatic rings. The molecule has 0 unspecified atom stereocenters. The lowest BCUT2D eigenvalue weighted by atomic mass is 10.1. The van der Waals surface area contributed by atoms with Crippen molar-refractivity contribution in [2.75, 3.05) is 0 Å². The van der Waals surface area contributed by atoms with E-state index in [0.717, 1.165) is 91.0 Å². The lowest BCUT2D eigenvalue weighted by Crippen LogP contribution is -1.99. The molecule has 6 nitrogen and oxygen atoms in total. The minimum Gasteiger partial charge on any atom is -0.292 e. The van der Waals surface area contributed by atoms with Crippen LogP contribution in [0.3, 0.4) is 0 Å². The molecule has 0 radical (unpaired) electrons. The van der Waals surface area contributed by atoms with Crippen LogP contribution in [0.2, 0.25) is 0 Å². The molecule has 336 valence electrons. The third kappa shape index (κ3) is 10.7. The van der Waals surface area contributed by atoms with Crippen LogP contribution in [0, 0.1) is 0 Å². The first kappa shape index (κ1) is 47.4. The number of aromatic nitrogens is 6. The van der Waals surface area contributed by atoms with Gasteiger partial charge in [0.25, 0.3) is 0 Å². The first-order valence-corrected chi connectivity index (χ1v) is 22.8. The first-order valence-electron chi connectivity index (χ1n) is 22.8. The maximum Gasteiger partial charge on any atom is 0.145 e. The van der Waals surface area contributed by atoms with Gasteiger partial charge in [-0.3, -0.25) is 13.7 Å². The van der Waals surface area contributed by atoms with Crippen molar-refractivity contribution in [2.24, 2.45) is 0 Å². The van der Waals surface area contributed by atoms with Gasteiger partial charge in [0.1, 0.15) is 17.5 Å². The van der Waals surface area contributed by atoms with Gasteiger partial charge in [-0.1, -0.05) is 183 Å². The van der Waals surface area contributed by atoms with Gasteiger partial charge >= 0.3 is 0 Å². The van der Waals surface area contributed by atoms with E-state index >= 15 is 0 Å². The Morgan fingerprint density at radius 1 is 0.412 bits per heavy atom. The Hall–Kier alpha value is -8.61. The van der Waals surface area contributed by atoms with Gasteiger partial charge in [0.2, 0.25) is 0 Å². The number of nitrogens with zero attached hydrogens (tertiary/aromatic N) is 6. The Balaban J connectivity index is 0.000000151. The normalized spacial score (nSPS) is 10.9. The predicted octanol–water partition coefficient (Wildman–Crippen LogP) is 16.4. The molecule has 0 atom stereocenters. The van der Waals surface area contributed by atoms with Crippen molar-refractivity contribution in [3.8, 4) is 51.2 Å². The Morgan fingerprint density at radius 3 is 1.07 bits per heavy atom. The zero-order valence-electron chi connectivity index (χ0n) is 39.7. The summed E-state index contributed by atoms with van der Waals surface area (Å²) in [5.41, 5.74) is 14.8. The second-order valence-corrected chi connectivity index (χ2v) is 16.0. The quantitative estimate of drug-likeness (QED) is 0.123. The van der Waals surface area contributed by atoms with Crippen LogP contribution in [-0.4, -0.2) is 28.7 Å². The fourth-order valence-corrected chi connectivity index (χ4v) is 7.86. The lowest BCUT2D eigenvalue weighted by Gasteiger charge is -2.10. The lowest BCUT2D eigenvalue weighted by molar-refractivity contribution is 1.05. The fourth-order valence-electron chi connectivity index (χ4n) is 7.86. The molecule has 0 aliphatic heterocycles. The number of hydrogen-bond acceptors (Lipinski definition) is 3. The molecule has 3 heterocycles. The standard InChI is InChI=1S/2C21H20N2.C20H18N2/c1-4-20-19(15-16(2)3)22-21(17-11-7-5-8-12-17)23(20)18-13-9-6-10-14-18;1-4-16(3)20-19(5-2)23(18-14-10-7-11-15-18)21(22-20)17-12-8-6-9-13-17;1-3-11-18-19(4-2)22(17-14-9-6-10-15-17)20(21-18)16-12-7-5-8-13-16/h4-15H,1H2,2-3H3;4-15H,2H2,1,3H3;3-15H,2H2,1H3/b;16-4-;11-3-. The predicted molar refractivity (Wildman–Crippen MR) is 291 cm³/mol. The molecule has 9 aromatic rings. The van der Waals surface area contributed by atoms with E-state index in [-0.39, 0.29) is 0 Å². The number of rotatable bonds is 12. The third-order valence-corrected chi connectivity index (χ3v) is 11.1. The molecule has 9 rings (SSSR count). The van der Waals surface area contributed by atoms with E-state index in [4.69, 9.17) is 15.0 Å². The number of para-hydroxylation sites is 3. The Kier molecular flexibility index (Phi) is 16.0. The third-order valence-electron chi connectivity index (χ3n) is 11.1. The molecule has 0 saturated heterocycles. The van der Waals surface area contributed by atoms with Crippen molar-refractivity contribution in [1.82, 2.24) is 28.7 Å². The summed E-state index contributed by atoms with van der Waals surface area (Å²) in [4.78, 5) is 14.6. The summed E-state index contributed by atoms with van der Waals surface area (Å²) in [6, 6.07) is 61.6. The summed E-state index contributed by atoms with van der Waals surface area (Å²) in [6.07, 6.45) is 13.8. The Morgan fingerprint density at radius 2 is 0.735 bits per heavy atom. The first-order chi connectivity index (χ1) is 33.3. The van der Waals surface area contributed by atoms with Crippen LogP contribution in [0.4, 0.5) is 0 Å². The van der Waals surface area contributed by atoms with Gasteiger partial charge < -0.3 is 0 Å². The molecule has 6 aromatic carbocycles. The molecule has 0 N–H and O–H groups in total. The van der Waals surface area contributed by atoms with Gasteiger partial charge in [-0.25, -0.2) is 15.0 Å². The smallest absolute Gasteiger partial charge is 0.145 e. The van der Waals surface area contributed by atoms with Gasteiger partial charge in [-0.15, -0.1) is 0 Å². The summed E-state index contributed by atoms with van der Waals surface area (Å²) >= 11 is 0. The van der Waals surface area contributed by atoms with Gasteiger partial charge in [0.05, 0.1) is 34.2 Å². The van der Waals surface area contributed by atoms with Crippen LogP contribution in [0.25, 0.3) is 87.2 Å². The highest BCUT2D eigenvalue weighted by molar-refractivity contribution is 5.75. The topological polar surface area (TPSA) is 53.5 Å². The van der Waals surface area contributed by atoms with Crippen molar-refractivity contribution in [1.29, 1.82) is 0 Å². The van der Waals surface area contributed by atoms with Crippen molar-refractivity contribution in [3.63, 3.8) is 0 Å². The SMILES string of the molecule is C=Cc1c(/C(C)=C\C)nc(-c2ccccc2)n1-c1ccccc1.C=Cc1c(/C=C\C)nc(-c2ccccc2)n1-c1ccccc1.C=Cc1c(C=C(C)C)nc(-c2ccccc2)n1-c1ccccc1. The van der Waals surface area contributed by atoms with Crippen molar-refractivity contribution in [2.45, 2.75) is 34.6 Å². The van der Waals surface area contributed by atoms with Gasteiger partial charge in [0.15, 0.2) is 0 Å². The molecule has 0 aliphatic carbocycles. The summed E-state index contributed by atoms with van der Waals surface area (Å²) in [5.74, 6) is 2.79. The van der Waals surface area contributed by atoms with E-state index in [9.17, 15) is 0 Å². The van der Waals surface area contributed by atoms with Crippen LogP contribution >= 0.6 is 0 Å². The fraction of sp³-hybridized carbons (Fsp3) is 0.0806. The second-order valence-electron chi connectivity index (χ2n) is 16.0. The van der Waals surface area contributed by atoms with E-state index in [1.165, 1.54) is 5.57 Å². The average molecular weight is 887 g/mol. The summed E-state index contributed by atoms with van der Waals surface area (Å²) in [7, 11) is 0. The molecule has 0 bridgehead atoms. The van der Waals surface area contributed by atoms with Crippen molar-refractivity contribution in [3.05, 3.63) is 254 Å².